The fourth-order valence-corrected chi connectivity index (χ4v) is 4.25. The maximum Gasteiger partial charge on any atom is 0.331 e. The van der Waals surface area contributed by atoms with Crippen LogP contribution in [0.5, 0.6) is 5.75 Å². The molecule has 0 saturated carbocycles. The number of carbonyl (C=O) groups is 1. The number of amides is 1. The van der Waals surface area contributed by atoms with Crippen LogP contribution >= 0.6 is 0 Å². The van der Waals surface area contributed by atoms with Crippen molar-refractivity contribution >= 4 is 22.5 Å². The number of hydrogen-bond acceptors (Lipinski definition) is 7. The SMILES string of the molecule is COc1ccc(CNC(=O)c2ccc3c(c2)c(=O)n(Cc2ccc(N4C=C(C)ON4)cc2)c(=O)n3C)cc1. The number of nitrogens with zero attached hydrogens (tertiary/aromatic N) is 3. The molecule has 2 N–H and O–H groups in total. The Balaban J connectivity index is 1.39. The van der Waals surface area contributed by atoms with Gasteiger partial charge in [-0.3, -0.25) is 18.7 Å². The smallest absolute Gasteiger partial charge is 0.331 e. The van der Waals surface area contributed by atoms with Crippen molar-refractivity contribution < 1.29 is 14.4 Å². The van der Waals surface area contributed by atoms with Crippen molar-refractivity contribution in [2.24, 2.45) is 7.05 Å². The van der Waals surface area contributed by atoms with Crippen molar-refractivity contribution in [2.75, 3.05) is 12.1 Å². The Hall–Kier alpha value is -4.83. The van der Waals surface area contributed by atoms with Gasteiger partial charge in [0.05, 0.1) is 36.4 Å². The van der Waals surface area contributed by atoms with Crippen molar-refractivity contribution in [3.63, 3.8) is 0 Å². The Morgan fingerprint density at radius 2 is 1.71 bits per heavy atom. The third-order valence-corrected chi connectivity index (χ3v) is 6.40. The molecule has 194 valence electrons. The van der Waals surface area contributed by atoms with E-state index in [-0.39, 0.29) is 12.5 Å². The molecule has 0 saturated heterocycles. The van der Waals surface area contributed by atoms with Gasteiger partial charge in [-0.25, -0.2) is 9.80 Å². The van der Waals surface area contributed by atoms with E-state index < -0.39 is 11.2 Å². The van der Waals surface area contributed by atoms with Crippen molar-refractivity contribution in [1.29, 1.82) is 0 Å². The van der Waals surface area contributed by atoms with Crippen LogP contribution in [0.3, 0.4) is 0 Å². The van der Waals surface area contributed by atoms with Gasteiger partial charge in [0.25, 0.3) is 11.5 Å². The third-order valence-electron chi connectivity index (χ3n) is 6.40. The van der Waals surface area contributed by atoms with Gasteiger partial charge >= 0.3 is 5.69 Å². The lowest BCUT2D eigenvalue weighted by molar-refractivity contribution is 0.0951. The first kappa shape index (κ1) is 24.8. The van der Waals surface area contributed by atoms with Gasteiger partial charge in [0.2, 0.25) is 0 Å². The summed E-state index contributed by atoms with van der Waals surface area (Å²) in [6.07, 6.45) is 1.81. The van der Waals surface area contributed by atoms with Gasteiger partial charge in [0.1, 0.15) is 11.5 Å². The zero-order chi connectivity index (χ0) is 26.8. The fraction of sp³-hybridized carbons (Fsp3) is 0.179. The number of hydrogen-bond donors (Lipinski definition) is 2. The first-order chi connectivity index (χ1) is 18.3. The molecule has 1 amide bonds. The van der Waals surface area contributed by atoms with E-state index in [2.05, 4.69) is 10.9 Å². The van der Waals surface area contributed by atoms with E-state index in [0.717, 1.165) is 28.3 Å². The number of rotatable bonds is 7. The molecule has 1 aliphatic rings. The summed E-state index contributed by atoms with van der Waals surface area (Å²) in [7, 11) is 3.21. The van der Waals surface area contributed by atoms with Gasteiger partial charge in [-0.1, -0.05) is 29.9 Å². The van der Waals surface area contributed by atoms with Crippen molar-refractivity contribution in [3.8, 4) is 5.75 Å². The molecule has 10 nitrogen and oxygen atoms in total. The largest absolute Gasteiger partial charge is 0.497 e. The third kappa shape index (κ3) is 4.89. The molecule has 1 aromatic heterocycles. The molecule has 10 heteroatoms. The summed E-state index contributed by atoms with van der Waals surface area (Å²) in [5.74, 6) is 1.15. The monoisotopic (exact) mass is 513 g/mol. The summed E-state index contributed by atoms with van der Waals surface area (Å²) in [6, 6.07) is 19.6. The molecule has 0 aliphatic carbocycles. The minimum Gasteiger partial charge on any atom is -0.497 e. The number of hydrazine groups is 1. The molecule has 4 aromatic rings. The number of fused-ring (bicyclic) bond motifs is 1. The number of aromatic nitrogens is 2. The number of anilines is 1. The predicted octanol–water partition coefficient (Wildman–Crippen LogP) is 2.80. The lowest BCUT2D eigenvalue weighted by Crippen LogP contribution is -2.39. The maximum absolute atomic E-state index is 13.4. The number of ether oxygens (including phenoxy) is 1. The number of benzene rings is 3. The Bertz CT molecular complexity index is 1650. The van der Waals surface area contributed by atoms with Crippen molar-refractivity contribution in [1.82, 2.24) is 20.0 Å². The minimum atomic E-state index is -0.454. The summed E-state index contributed by atoms with van der Waals surface area (Å²) in [6.45, 7) is 2.25. The van der Waals surface area contributed by atoms with E-state index in [1.54, 1.807) is 31.3 Å². The number of nitrogens with one attached hydrogen (secondary N) is 2. The molecule has 5 rings (SSSR count). The second-order valence-corrected chi connectivity index (χ2v) is 8.97. The zero-order valence-electron chi connectivity index (χ0n) is 21.2. The first-order valence-corrected chi connectivity index (χ1v) is 12.0. The fourth-order valence-electron chi connectivity index (χ4n) is 4.25. The van der Waals surface area contributed by atoms with Crippen LogP contribution in [0.4, 0.5) is 5.69 Å². The highest BCUT2D eigenvalue weighted by Gasteiger charge is 2.16. The average Bonchev–Trinajstić information content (AvgIpc) is 3.39. The van der Waals surface area contributed by atoms with Gasteiger partial charge < -0.3 is 14.9 Å². The van der Waals surface area contributed by atoms with E-state index in [1.807, 2.05) is 61.7 Å². The summed E-state index contributed by atoms with van der Waals surface area (Å²) >= 11 is 0. The first-order valence-electron chi connectivity index (χ1n) is 12.0. The molecular formula is C28H27N5O5. The van der Waals surface area contributed by atoms with E-state index in [0.29, 0.717) is 23.0 Å². The standard InChI is InChI=1S/C28H27N5O5/c1-18-16-33(30-38-18)22-9-4-20(5-10-22)17-32-27(35)24-14-21(8-13-25(24)31(2)28(32)36)26(34)29-15-19-6-11-23(37-3)12-7-19/h4-14,16,30H,15,17H2,1-3H3,(H,29,34). The molecule has 0 atom stereocenters. The number of aryl methyl sites for hydroxylation is 1. The Morgan fingerprint density at radius 1 is 1.00 bits per heavy atom. The van der Waals surface area contributed by atoms with Crippen molar-refractivity contribution in [2.45, 2.75) is 20.0 Å². The molecule has 0 radical (unpaired) electrons. The van der Waals surface area contributed by atoms with E-state index in [1.165, 1.54) is 15.2 Å². The highest BCUT2D eigenvalue weighted by molar-refractivity contribution is 5.97. The normalized spacial score (nSPS) is 12.8. The van der Waals surface area contributed by atoms with Crippen LogP contribution < -0.4 is 31.9 Å². The number of carbonyl (C=O) groups excluding carboxylic acids is 1. The maximum atomic E-state index is 13.4. The van der Waals surface area contributed by atoms with Crippen LogP contribution in [0, 0.1) is 0 Å². The number of allylic oxidation sites excluding steroid dienone is 1. The molecular weight excluding hydrogens is 486 g/mol. The van der Waals surface area contributed by atoms with Gasteiger partial charge in [-0.05, 0) is 60.5 Å². The molecule has 38 heavy (non-hydrogen) atoms. The predicted molar refractivity (Wildman–Crippen MR) is 144 cm³/mol. The van der Waals surface area contributed by atoms with E-state index >= 15 is 0 Å². The second-order valence-electron chi connectivity index (χ2n) is 8.97. The van der Waals surface area contributed by atoms with Crippen LogP contribution in [0.2, 0.25) is 0 Å². The van der Waals surface area contributed by atoms with Crippen LogP contribution in [-0.2, 0) is 25.0 Å². The van der Waals surface area contributed by atoms with E-state index in [9.17, 15) is 14.4 Å². The Labute approximate surface area is 218 Å². The number of methoxy groups -OCH3 is 1. The Morgan fingerprint density at radius 3 is 2.37 bits per heavy atom. The summed E-state index contributed by atoms with van der Waals surface area (Å²) in [5.41, 5.74) is 5.21. The van der Waals surface area contributed by atoms with Crippen molar-refractivity contribution in [3.05, 3.63) is 116 Å². The summed E-state index contributed by atoms with van der Waals surface area (Å²) in [4.78, 5) is 44.5. The lowest BCUT2D eigenvalue weighted by Gasteiger charge is -2.15. The van der Waals surface area contributed by atoms with Gasteiger partial charge in [0, 0.05) is 19.2 Å². The average molecular weight is 514 g/mol. The molecule has 0 bridgehead atoms. The van der Waals surface area contributed by atoms with Crippen LogP contribution in [0.25, 0.3) is 10.9 Å². The highest BCUT2D eigenvalue weighted by atomic mass is 16.7. The Kier molecular flexibility index (Phi) is 6.71. The molecule has 2 heterocycles. The van der Waals surface area contributed by atoms with Gasteiger partial charge in [-0.15, -0.1) is 0 Å². The molecule has 0 spiro atoms. The highest BCUT2D eigenvalue weighted by Crippen LogP contribution is 2.19. The molecule has 3 aromatic carbocycles. The molecule has 0 unspecified atom stereocenters. The van der Waals surface area contributed by atoms with Gasteiger partial charge in [-0.2, -0.15) is 0 Å². The second kappa shape index (κ2) is 10.3. The molecule has 0 fully saturated rings. The topological polar surface area (TPSA) is 107 Å². The lowest BCUT2D eigenvalue weighted by atomic mass is 10.1. The van der Waals surface area contributed by atoms with Gasteiger partial charge in [0.15, 0.2) is 0 Å². The van der Waals surface area contributed by atoms with Crippen LogP contribution in [0.15, 0.2) is 88.3 Å². The molecule has 1 aliphatic heterocycles. The summed E-state index contributed by atoms with van der Waals surface area (Å²) < 4.78 is 7.75. The summed E-state index contributed by atoms with van der Waals surface area (Å²) in [5, 5.41) is 4.88. The zero-order valence-corrected chi connectivity index (χ0v) is 21.2. The quantitative estimate of drug-likeness (QED) is 0.391. The van der Waals surface area contributed by atoms with E-state index in [4.69, 9.17) is 9.57 Å². The van der Waals surface area contributed by atoms with Crippen LogP contribution in [0.1, 0.15) is 28.4 Å². The minimum absolute atomic E-state index is 0.0917. The van der Waals surface area contributed by atoms with Crippen LogP contribution in [-0.4, -0.2) is 22.2 Å².